The molecule has 14 heavy (non-hydrogen) atoms. The highest BCUT2D eigenvalue weighted by Gasteiger charge is 2.17. The predicted molar refractivity (Wildman–Crippen MR) is 48.2 cm³/mol. The first-order chi connectivity index (χ1) is 6.34. The fraction of sp³-hybridized carbons (Fsp3) is 0.375. The van der Waals surface area contributed by atoms with E-state index in [4.69, 9.17) is 10.8 Å². The van der Waals surface area contributed by atoms with Crippen LogP contribution in [0.5, 0.6) is 0 Å². The molecular weight excluding hydrogens is 188 g/mol. The van der Waals surface area contributed by atoms with Crippen molar-refractivity contribution in [1.82, 2.24) is 5.32 Å². The standard InChI is InChI=1S/C8H12N2O4/c1-4(2)7(12)10-6(11)3-5(9)8(13)14/h5H,1,3,9H2,2H3,(H,13,14)(H,10,11,12). The highest BCUT2D eigenvalue weighted by Crippen LogP contribution is 1.91. The van der Waals surface area contributed by atoms with E-state index in [9.17, 15) is 14.4 Å². The van der Waals surface area contributed by atoms with Gasteiger partial charge in [0.2, 0.25) is 5.91 Å². The van der Waals surface area contributed by atoms with Crippen LogP contribution >= 0.6 is 0 Å². The Bertz CT molecular complexity index is 285. The summed E-state index contributed by atoms with van der Waals surface area (Å²) in [5.41, 5.74) is 5.24. The van der Waals surface area contributed by atoms with E-state index in [1.54, 1.807) is 0 Å². The van der Waals surface area contributed by atoms with E-state index in [0.29, 0.717) is 0 Å². The Labute approximate surface area is 80.8 Å². The summed E-state index contributed by atoms with van der Waals surface area (Å²) in [6, 6.07) is -1.30. The summed E-state index contributed by atoms with van der Waals surface area (Å²) in [5.74, 6) is -2.65. The quantitative estimate of drug-likeness (QED) is 0.504. The van der Waals surface area contributed by atoms with Crippen LogP contribution in [0.2, 0.25) is 0 Å². The Balaban J connectivity index is 4.05. The van der Waals surface area contributed by atoms with Gasteiger partial charge < -0.3 is 10.8 Å². The van der Waals surface area contributed by atoms with Crippen LogP contribution in [-0.4, -0.2) is 28.9 Å². The summed E-state index contributed by atoms with van der Waals surface area (Å²) < 4.78 is 0. The number of rotatable bonds is 4. The number of nitrogens with one attached hydrogen (secondary N) is 1. The Kier molecular flexibility index (Phi) is 4.51. The molecule has 0 rings (SSSR count). The van der Waals surface area contributed by atoms with Gasteiger partial charge in [0, 0.05) is 5.57 Å². The molecule has 78 valence electrons. The monoisotopic (exact) mass is 200 g/mol. The van der Waals surface area contributed by atoms with E-state index in [1.807, 2.05) is 5.32 Å². The molecule has 0 aromatic carbocycles. The maximum absolute atomic E-state index is 11.0. The molecule has 1 unspecified atom stereocenters. The van der Waals surface area contributed by atoms with Crippen molar-refractivity contribution in [3.63, 3.8) is 0 Å². The third-order valence-electron chi connectivity index (χ3n) is 1.36. The second-order valence-corrected chi connectivity index (χ2v) is 2.81. The van der Waals surface area contributed by atoms with Gasteiger partial charge in [-0.25, -0.2) is 0 Å². The number of carboxylic acid groups (broad SMARTS) is 1. The second-order valence-electron chi connectivity index (χ2n) is 2.81. The molecule has 0 saturated heterocycles. The van der Waals surface area contributed by atoms with Gasteiger partial charge in [0.25, 0.3) is 5.91 Å². The lowest BCUT2D eigenvalue weighted by molar-refractivity contribution is -0.141. The molecule has 0 aliphatic heterocycles. The molecule has 0 bridgehead atoms. The summed E-state index contributed by atoms with van der Waals surface area (Å²) in [4.78, 5) is 32.1. The van der Waals surface area contributed by atoms with Gasteiger partial charge in [-0.15, -0.1) is 0 Å². The van der Waals surface area contributed by atoms with Crippen LogP contribution in [0.1, 0.15) is 13.3 Å². The molecule has 6 heteroatoms. The van der Waals surface area contributed by atoms with Gasteiger partial charge >= 0.3 is 5.97 Å². The molecule has 0 aromatic heterocycles. The minimum Gasteiger partial charge on any atom is -0.480 e. The normalized spacial score (nSPS) is 11.6. The van der Waals surface area contributed by atoms with Gasteiger partial charge in [-0.2, -0.15) is 0 Å². The van der Waals surface area contributed by atoms with E-state index >= 15 is 0 Å². The molecule has 0 saturated carbocycles. The zero-order valence-electron chi connectivity index (χ0n) is 7.74. The van der Waals surface area contributed by atoms with Crippen molar-refractivity contribution in [2.75, 3.05) is 0 Å². The van der Waals surface area contributed by atoms with E-state index in [0.717, 1.165) is 0 Å². The topological polar surface area (TPSA) is 109 Å². The predicted octanol–water partition coefficient (Wildman–Crippen LogP) is -0.993. The molecule has 0 fully saturated rings. The number of amides is 2. The summed E-state index contributed by atoms with van der Waals surface area (Å²) in [7, 11) is 0. The molecule has 0 heterocycles. The molecule has 6 nitrogen and oxygen atoms in total. The van der Waals surface area contributed by atoms with Gasteiger partial charge in [-0.05, 0) is 6.92 Å². The van der Waals surface area contributed by atoms with Crippen LogP contribution in [0.25, 0.3) is 0 Å². The largest absolute Gasteiger partial charge is 0.480 e. The summed E-state index contributed by atoms with van der Waals surface area (Å²) in [5, 5.41) is 10.3. The van der Waals surface area contributed by atoms with E-state index < -0.39 is 30.2 Å². The number of carboxylic acids is 1. The van der Waals surface area contributed by atoms with Crippen molar-refractivity contribution in [2.24, 2.45) is 5.73 Å². The minimum absolute atomic E-state index is 0.169. The van der Waals surface area contributed by atoms with Gasteiger partial charge in [-0.3, -0.25) is 19.7 Å². The van der Waals surface area contributed by atoms with Crippen molar-refractivity contribution >= 4 is 17.8 Å². The second kappa shape index (κ2) is 5.13. The smallest absolute Gasteiger partial charge is 0.321 e. The average Bonchev–Trinajstić information content (AvgIpc) is 2.03. The van der Waals surface area contributed by atoms with E-state index in [1.165, 1.54) is 6.92 Å². The lowest BCUT2D eigenvalue weighted by atomic mass is 10.2. The zero-order chi connectivity index (χ0) is 11.3. The van der Waals surface area contributed by atoms with Crippen LogP contribution in [0.3, 0.4) is 0 Å². The molecule has 4 N–H and O–H groups in total. The lowest BCUT2D eigenvalue weighted by Gasteiger charge is -2.06. The van der Waals surface area contributed by atoms with Crippen molar-refractivity contribution < 1.29 is 19.5 Å². The molecule has 0 aliphatic rings. The molecule has 1 atom stereocenters. The summed E-state index contributed by atoms with van der Waals surface area (Å²) in [6.07, 6.45) is -0.436. The molecule has 0 radical (unpaired) electrons. The number of aliphatic carboxylic acids is 1. The average molecular weight is 200 g/mol. The molecule has 2 amide bonds. The molecule has 0 aliphatic carbocycles. The number of carbonyl (C=O) groups excluding carboxylic acids is 2. The van der Waals surface area contributed by atoms with Gasteiger partial charge in [-0.1, -0.05) is 6.58 Å². The van der Waals surface area contributed by atoms with Crippen LogP contribution < -0.4 is 11.1 Å². The fourth-order valence-electron chi connectivity index (χ4n) is 0.571. The van der Waals surface area contributed by atoms with Crippen LogP contribution in [-0.2, 0) is 14.4 Å². The number of hydrogen-bond acceptors (Lipinski definition) is 4. The highest BCUT2D eigenvalue weighted by atomic mass is 16.4. The Morgan fingerprint density at radius 1 is 1.50 bits per heavy atom. The lowest BCUT2D eigenvalue weighted by Crippen LogP contribution is -2.39. The van der Waals surface area contributed by atoms with E-state index in [2.05, 4.69) is 6.58 Å². The fourth-order valence-corrected chi connectivity index (χ4v) is 0.571. The summed E-state index contributed by atoms with van der Waals surface area (Å²) in [6.45, 7) is 4.74. The third-order valence-corrected chi connectivity index (χ3v) is 1.36. The molecule has 0 aromatic rings. The van der Waals surface area contributed by atoms with Gasteiger partial charge in [0.1, 0.15) is 6.04 Å². The summed E-state index contributed by atoms with van der Waals surface area (Å²) >= 11 is 0. The van der Waals surface area contributed by atoms with Crippen LogP contribution in [0, 0.1) is 0 Å². The number of hydrogen-bond donors (Lipinski definition) is 3. The van der Waals surface area contributed by atoms with Crippen molar-refractivity contribution in [2.45, 2.75) is 19.4 Å². The van der Waals surface area contributed by atoms with Crippen molar-refractivity contribution in [1.29, 1.82) is 0 Å². The Morgan fingerprint density at radius 2 is 2.00 bits per heavy atom. The van der Waals surface area contributed by atoms with Crippen molar-refractivity contribution in [3.05, 3.63) is 12.2 Å². The SMILES string of the molecule is C=C(C)C(=O)NC(=O)CC(N)C(=O)O. The maximum atomic E-state index is 11.0. The maximum Gasteiger partial charge on any atom is 0.321 e. The first-order valence-corrected chi connectivity index (χ1v) is 3.82. The number of imide groups is 1. The zero-order valence-corrected chi connectivity index (χ0v) is 7.74. The van der Waals surface area contributed by atoms with Gasteiger partial charge in [0.15, 0.2) is 0 Å². The van der Waals surface area contributed by atoms with Crippen LogP contribution in [0.4, 0.5) is 0 Å². The number of carbonyl (C=O) groups is 3. The minimum atomic E-state index is -1.30. The van der Waals surface area contributed by atoms with Crippen molar-refractivity contribution in [3.8, 4) is 0 Å². The van der Waals surface area contributed by atoms with Gasteiger partial charge in [0.05, 0.1) is 6.42 Å². The van der Waals surface area contributed by atoms with Crippen LogP contribution in [0.15, 0.2) is 12.2 Å². The molecular formula is C8H12N2O4. The number of nitrogens with two attached hydrogens (primary N) is 1. The first kappa shape index (κ1) is 12.3. The Hall–Kier alpha value is -1.69. The molecule has 0 spiro atoms. The highest BCUT2D eigenvalue weighted by molar-refractivity contribution is 6.04. The first-order valence-electron chi connectivity index (χ1n) is 3.82. The third kappa shape index (κ3) is 4.36. The Morgan fingerprint density at radius 3 is 2.36 bits per heavy atom. The van der Waals surface area contributed by atoms with E-state index in [-0.39, 0.29) is 5.57 Å².